The Hall–Kier alpha value is -0.610. The molecule has 4 heteroatoms. The maximum Gasteiger partial charge on any atom is 0.246 e. The van der Waals surface area contributed by atoms with Crippen LogP contribution in [0.2, 0.25) is 0 Å². The summed E-state index contributed by atoms with van der Waals surface area (Å²) in [5, 5.41) is 6.15. The minimum atomic E-state index is -0.00606. The Morgan fingerprint density at radius 1 is 1.38 bits per heavy atom. The predicted octanol–water partition coefficient (Wildman–Crippen LogP) is 0.917. The van der Waals surface area contributed by atoms with Crippen LogP contribution in [0, 0.1) is 5.41 Å². The van der Waals surface area contributed by atoms with E-state index < -0.39 is 0 Å². The van der Waals surface area contributed by atoms with Gasteiger partial charge in [0, 0.05) is 6.54 Å². The van der Waals surface area contributed by atoms with Crippen molar-refractivity contribution in [3.63, 3.8) is 0 Å². The fraction of sp³-hybridized carbons (Fsp3) is 0.917. The highest BCUT2D eigenvalue weighted by molar-refractivity contribution is 5.77. The van der Waals surface area contributed by atoms with Crippen LogP contribution in [0.1, 0.15) is 33.6 Å². The van der Waals surface area contributed by atoms with E-state index in [1.54, 1.807) is 0 Å². The molecule has 4 nitrogen and oxygen atoms in total. The molecule has 0 spiro atoms. The van der Waals surface area contributed by atoms with Gasteiger partial charge in [0.1, 0.15) is 6.61 Å². The molecule has 0 unspecified atom stereocenters. The molecule has 0 aromatic rings. The summed E-state index contributed by atoms with van der Waals surface area (Å²) in [6, 6.07) is 0. The molecule has 0 aromatic heterocycles. The zero-order chi connectivity index (χ0) is 12.0. The van der Waals surface area contributed by atoms with Crippen molar-refractivity contribution >= 4 is 5.91 Å². The van der Waals surface area contributed by atoms with Gasteiger partial charge in [-0.25, -0.2) is 0 Å². The van der Waals surface area contributed by atoms with Gasteiger partial charge in [0.25, 0.3) is 0 Å². The van der Waals surface area contributed by atoms with Gasteiger partial charge in [-0.3, -0.25) is 4.79 Å². The molecule has 0 radical (unpaired) electrons. The molecule has 94 valence electrons. The summed E-state index contributed by atoms with van der Waals surface area (Å²) in [5.74, 6) is -0.00606. The highest BCUT2D eigenvalue weighted by Gasteiger charge is 2.16. The van der Waals surface area contributed by atoms with Crippen LogP contribution in [-0.2, 0) is 9.53 Å². The predicted molar refractivity (Wildman–Crippen MR) is 64.3 cm³/mol. The van der Waals surface area contributed by atoms with E-state index in [1.165, 1.54) is 0 Å². The number of nitrogens with one attached hydrogen (secondary N) is 2. The molecule has 16 heavy (non-hydrogen) atoms. The van der Waals surface area contributed by atoms with Gasteiger partial charge in [0.2, 0.25) is 5.91 Å². The second-order valence-electron chi connectivity index (χ2n) is 5.60. The third kappa shape index (κ3) is 6.08. The standard InChI is InChI=1S/C12H24N2O2/c1-12(2,3)9-14-11(15)8-16-10-4-6-13-7-5-10/h10,13H,4-9H2,1-3H3,(H,14,15). The van der Waals surface area contributed by atoms with Crippen molar-refractivity contribution in [1.82, 2.24) is 10.6 Å². The van der Waals surface area contributed by atoms with Gasteiger partial charge in [-0.1, -0.05) is 20.8 Å². The van der Waals surface area contributed by atoms with E-state index >= 15 is 0 Å². The number of rotatable bonds is 4. The first kappa shape index (κ1) is 13.5. The first-order valence-corrected chi connectivity index (χ1v) is 6.06. The number of carbonyl (C=O) groups excluding carboxylic acids is 1. The minimum Gasteiger partial charge on any atom is -0.368 e. The van der Waals surface area contributed by atoms with Gasteiger partial charge in [-0.15, -0.1) is 0 Å². The lowest BCUT2D eigenvalue weighted by atomic mass is 9.97. The molecule has 1 saturated heterocycles. The summed E-state index contributed by atoms with van der Waals surface area (Å²) in [4.78, 5) is 11.5. The van der Waals surface area contributed by atoms with Crippen LogP contribution in [0.3, 0.4) is 0 Å². The summed E-state index contributed by atoms with van der Waals surface area (Å²) in [5.41, 5.74) is 0.129. The van der Waals surface area contributed by atoms with E-state index in [4.69, 9.17) is 4.74 Å². The zero-order valence-corrected chi connectivity index (χ0v) is 10.6. The maximum absolute atomic E-state index is 11.5. The Labute approximate surface area is 98.1 Å². The average molecular weight is 228 g/mol. The Balaban J connectivity index is 2.09. The zero-order valence-electron chi connectivity index (χ0n) is 10.6. The van der Waals surface area contributed by atoms with Gasteiger partial charge in [0.15, 0.2) is 0 Å². The van der Waals surface area contributed by atoms with Crippen LogP contribution in [0.15, 0.2) is 0 Å². The molecule has 1 rings (SSSR count). The molecule has 1 aliphatic heterocycles. The van der Waals surface area contributed by atoms with E-state index in [-0.39, 0.29) is 24.0 Å². The molecule has 1 amide bonds. The summed E-state index contributed by atoms with van der Waals surface area (Å²) >= 11 is 0. The largest absolute Gasteiger partial charge is 0.368 e. The summed E-state index contributed by atoms with van der Waals surface area (Å²) < 4.78 is 5.56. The summed E-state index contributed by atoms with van der Waals surface area (Å²) in [7, 11) is 0. The fourth-order valence-electron chi connectivity index (χ4n) is 1.57. The van der Waals surface area contributed by atoms with Gasteiger partial charge < -0.3 is 15.4 Å². The van der Waals surface area contributed by atoms with Gasteiger partial charge in [-0.2, -0.15) is 0 Å². The molecular weight excluding hydrogens is 204 g/mol. The Bertz CT molecular complexity index is 218. The fourth-order valence-corrected chi connectivity index (χ4v) is 1.57. The van der Waals surface area contributed by atoms with E-state index in [0.29, 0.717) is 6.54 Å². The lowest BCUT2D eigenvalue weighted by Gasteiger charge is -2.23. The van der Waals surface area contributed by atoms with E-state index in [0.717, 1.165) is 25.9 Å². The average Bonchev–Trinajstić information content (AvgIpc) is 2.24. The molecule has 2 N–H and O–H groups in total. The lowest BCUT2D eigenvalue weighted by Crippen LogP contribution is -2.38. The second kappa shape index (κ2) is 6.21. The van der Waals surface area contributed by atoms with Crippen molar-refractivity contribution in [2.75, 3.05) is 26.2 Å². The van der Waals surface area contributed by atoms with Crippen LogP contribution >= 0.6 is 0 Å². The Kier molecular flexibility index (Phi) is 5.22. The molecule has 0 atom stereocenters. The monoisotopic (exact) mass is 228 g/mol. The first-order valence-electron chi connectivity index (χ1n) is 6.06. The van der Waals surface area contributed by atoms with Crippen molar-refractivity contribution in [2.45, 2.75) is 39.7 Å². The topological polar surface area (TPSA) is 50.4 Å². The molecule has 0 aromatic carbocycles. The van der Waals surface area contributed by atoms with Crippen molar-refractivity contribution in [1.29, 1.82) is 0 Å². The highest BCUT2D eigenvalue weighted by atomic mass is 16.5. The lowest BCUT2D eigenvalue weighted by molar-refractivity contribution is -0.128. The molecule has 0 aliphatic carbocycles. The smallest absolute Gasteiger partial charge is 0.246 e. The quantitative estimate of drug-likeness (QED) is 0.752. The number of amides is 1. The minimum absolute atomic E-state index is 0.00606. The maximum atomic E-state index is 11.5. The molecule has 1 fully saturated rings. The SMILES string of the molecule is CC(C)(C)CNC(=O)COC1CCNCC1. The van der Waals surface area contributed by atoms with Crippen molar-refractivity contribution in [3.05, 3.63) is 0 Å². The first-order chi connectivity index (χ1) is 7.47. The number of piperidine rings is 1. The summed E-state index contributed by atoms with van der Waals surface area (Å²) in [6.07, 6.45) is 2.26. The van der Waals surface area contributed by atoms with Gasteiger partial charge >= 0.3 is 0 Å². The van der Waals surface area contributed by atoms with Gasteiger partial charge in [0.05, 0.1) is 6.10 Å². The number of ether oxygens (including phenoxy) is 1. The highest BCUT2D eigenvalue weighted by Crippen LogP contribution is 2.10. The molecule has 1 heterocycles. The van der Waals surface area contributed by atoms with Crippen molar-refractivity contribution < 1.29 is 9.53 Å². The number of hydrogen-bond donors (Lipinski definition) is 2. The number of carbonyl (C=O) groups is 1. The normalized spacial score (nSPS) is 18.4. The van der Waals surface area contributed by atoms with E-state index in [1.807, 2.05) is 0 Å². The van der Waals surface area contributed by atoms with Crippen LogP contribution in [0.5, 0.6) is 0 Å². The molecule has 0 saturated carbocycles. The van der Waals surface area contributed by atoms with E-state index in [9.17, 15) is 4.79 Å². The van der Waals surface area contributed by atoms with Crippen LogP contribution < -0.4 is 10.6 Å². The third-order valence-electron chi connectivity index (χ3n) is 2.55. The van der Waals surface area contributed by atoms with Crippen molar-refractivity contribution in [3.8, 4) is 0 Å². The van der Waals surface area contributed by atoms with Crippen LogP contribution in [-0.4, -0.2) is 38.3 Å². The number of hydrogen-bond acceptors (Lipinski definition) is 3. The Morgan fingerprint density at radius 2 is 2.00 bits per heavy atom. The van der Waals surface area contributed by atoms with Crippen LogP contribution in [0.4, 0.5) is 0 Å². The third-order valence-corrected chi connectivity index (χ3v) is 2.55. The molecule has 0 bridgehead atoms. The Morgan fingerprint density at radius 3 is 2.56 bits per heavy atom. The van der Waals surface area contributed by atoms with Gasteiger partial charge in [-0.05, 0) is 31.3 Å². The summed E-state index contributed by atoms with van der Waals surface area (Å²) in [6.45, 7) is 9.17. The van der Waals surface area contributed by atoms with Crippen molar-refractivity contribution in [2.24, 2.45) is 5.41 Å². The molecular formula is C12H24N2O2. The van der Waals surface area contributed by atoms with Crippen LogP contribution in [0.25, 0.3) is 0 Å². The second-order valence-corrected chi connectivity index (χ2v) is 5.60. The molecule has 1 aliphatic rings. The van der Waals surface area contributed by atoms with E-state index in [2.05, 4.69) is 31.4 Å².